The lowest BCUT2D eigenvalue weighted by molar-refractivity contribution is 0.102. The highest BCUT2D eigenvalue weighted by Gasteiger charge is 2.18. The molecule has 5 heteroatoms. The van der Waals surface area contributed by atoms with Gasteiger partial charge in [0.15, 0.2) is 16.8 Å². The van der Waals surface area contributed by atoms with Crippen LogP contribution < -0.4 is 0 Å². The van der Waals surface area contributed by atoms with E-state index < -0.39 is 0 Å². The Balaban J connectivity index is 1.68. The second-order valence-electron chi connectivity index (χ2n) is 7.38. The van der Waals surface area contributed by atoms with Gasteiger partial charge in [0, 0.05) is 16.8 Å². The molecular formula is C25H23N3OS. The van der Waals surface area contributed by atoms with E-state index in [1.807, 2.05) is 79.1 Å². The molecule has 0 fully saturated rings. The summed E-state index contributed by atoms with van der Waals surface area (Å²) in [5, 5.41) is 9.60. The quantitative estimate of drug-likeness (QED) is 0.294. The SMILES string of the molecule is Cc1cccc(-c2nnc(SCC(=O)c3cc(C)ccc3C)n2-c2ccccc2)c1. The van der Waals surface area contributed by atoms with Gasteiger partial charge in [-0.3, -0.25) is 9.36 Å². The van der Waals surface area contributed by atoms with Crippen LogP contribution in [0.5, 0.6) is 0 Å². The highest BCUT2D eigenvalue weighted by Crippen LogP contribution is 2.29. The second-order valence-corrected chi connectivity index (χ2v) is 8.32. The molecule has 4 rings (SSSR count). The number of thioether (sulfide) groups is 1. The van der Waals surface area contributed by atoms with Crippen LogP contribution in [0.4, 0.5) is 0 Å². The monoisotopic (exact) mass is 413 g/mol. The first-order chi connectivity index (χ1) is 14.5. The second kappa shape index (κ2) is 8.67. The summed E-state index contributed by atoms with van der Waals surface area (Å²) in [6.07, 6.45) is 0. The Morgan fingerprint density at radius 2 is 1.63 bits per heavy atom. The molecule has 4 nitrogen and oxygen atoms in total. The Morgan fingerprint density at radius 3 is 2.40 bits per heavy atom. The third kappa shape index (κ3) is 4.21. The molecule has 0 aliphatic carbocycles. The van der Waals surface area contributed by atoms with Gasteiger partial charge in [0.2, 0.25) is 0 Å². The Morgan fingerprint density at radius 1 is 0.867 bits per heavy atom. The molecule has 0 atom stereocenters. The van der Waals surface area contributed by atoms with Crippen LogP contribution in [0.1, 0.15) is 27.0 Å². The van der Waals surface area contributed by atoms with E-state index in [9.17, 15) is 4.79 Å². The van der Waals surface area contributed by atoms with Crippen molar-refractivity contribution < 1.29 is 4.79 Å². The minimum Gasteiger partial charge on any atom is -0.293 e. The van der Waals surface area contributed by atoms with E-state index in [0.29, 0.717) is 10.9 Å². The predicted molar refractivity (Wildman–Crippen MR) is 123 cm³/mol. The van der Waals surface area contributed by atoms with Gasteiger partial charge < -0.3 is 0 Å². The third-order valence-corrected chi connectivity index (χ3v) is 5.88. The molecule has 0 amide bonds. The first-order valence-corrected chi connectivity index (χ1v) is 10.8. The Kier molecular flexibility index (Phi) is 5.81. The number of hydrogen-bond acceptors (Lipinski definition) is 4. The topological polar surface area (TPSA) is 47.8 Å². The highest BCUT2D eigenvalue weighted by molar-refractivity contribution is 7.99. The van der Waals surface area contributed by atoms with Crippen molar-refractivity contribution in [3.8, 4) is 17.1 Å². The zero-order valence-corrected chi connectivity index (χ0v) is 18.1. The van der Waals surface area contributed by atoms with E-state index in [1.54, 1.807) is 0 Å². The summed E-state index contributed by atoms with van der Waals surface area (Å²) in [4.78, 5) is 12.9. The van der Waals surface area contributed by atoms with Crippen molar-refractivity contribution in [1.82, 2.24) is 14.8 Å². The number of aryl methyl sites for hydroxylation is 3. The molecule has 150 valence electrons. The first kappa shape index (κ1) is 20.1. The maximum absolute atomic E-state index is 12.9. The number of rotatable bonds is 6. The lowest BCUT2D eigenvalue weighted by Crippen LogP contribution is -2.07. The molecule has 0 saturated carbocycles. The van der Waals surface area contributed by atoms with E-state index in [4.69, 9.17) is 0 Å². The number of carbonyl (C=O) groups excluding carboxylic acids is 1. The Hall–Kier alpha value is -3.18. The summed E-state index contributed by atoms with van der Waals surface area (Å²) < 4.78 is 2.02. The number of hydrogen-bond donors (Lipinski definition) is 0. The lowest BCUT2D eigenvalue weighted by Gasteiger charge is -2.11. The van der Waals surface area contributed by atoms with Crippen LogP contribution in [-0.4, -0.2) is 26.3 Å². The molecule has 0 spiro atoms. The van der Waals surface area contributed by atoms with E-state index in [1.165, 1.54) is 11.8 Å². The zero-order chi connectivity index (χ0) is 21.1. The molecule has 1 heterocycles. The maximum atomic E-state index is 12.9. The zero-order valence-electron chi connectivity index (χ0n) is 17.3. The van der Waals surface area contributed by atoms with Gasteiger partial charge in [-0.15, -0.1) is 10.2 Å². The average molecular weight is 414 g/mol. The molecule has 0 bridgehead atoms. The van der Waals surface area contributed by atoms with Gasteiger partial charge in [0.25, 0.3) is 0 Å². The third-order valence-electron chi connectivity index (χ3n) is 4.95. The van der Waals surface area contributed by atoms with E-state index in [-0.39, 0.29) is 5.78 Å². The van der Waals surface area contributed by atoms with Crippen LogP contribution >= 0.6 is 11.8 Å². The average Bonchev–Trinajstić information content (AvgIpc) is 3.18. The molecule has 0 aliphatic rings. The minimum atomic E-state index is 0.0981. The lowest BCUT2D eigenvalue weighted by atomic mass is 10.0. The number of ketones is 1. The van der Waals surface area contributed by atoms with Gasteiger partial charge in [0.05, 0.1) is 5.75 Å². The molecule has 0 unspecified atom stereocenters. The van der Waals surface area contributed by atoms with Crippen molar-refractivity contribution >= 4 is 17.5 Å². The van der Waals surface area contributed by atoms with Crippen LogP contribution in [0.2, 0.25) is 0 Å². The molecular weight excluding hydrogens is 390 g/mol. The fraction of sp³-hybridized carbons (Fsp3) is 0.160. The number of aromatic nitrogens is 3. The molecule has 1 aromatic heterocycles. The van der Waals surface area contributed by atoms with Crippen LogP contribution in [0.25, 0.3) is 17.1 Å². The Bertz CT molecular complexity index is 1200. The fourth-order valence-corrected chi connectivity index (χ4v) is 4.22. The van der Waals surface area contributed by atoms with Crippen molar-refractivity contribution in [2.24, 2.45) is 0 Å². The summed E-state index contributed by atoms with van der Waals surface area (Å²) in [5.41, 5.74) is 5.99. The molecule has 4 aromatic rings. The number of benzene rings is 3. The van der Waals surface area contributed by atoms with Gasteiger partial charge in [0.1, 0.15) is 0 Å². The number of nitrogens with zero attached hydrogens (tertiary/aromatic N) is 3. The van der Waals surface area contributed by atoms with Crippen LogP contribution in [0.15, 0.2) is 78.0 Å². The van der Waals surface area contributed by atoms with Gasteiger partial charge in [-0.05, 0) is 50.6 Å². The van der Waals surface area contributed by atoms with Crippen LogP contribution in [0.3, 0.4) is 0 Å². The summed E-state index contributed by atoms with van der Waals surface area (Å²) in [6, 6.07) is 24.2. The maximum Gasteiger partial charge on any atom is 0.196 e. The standard InChI is InChI=1S/C25H23N3OS/c1-17-8-7-9-20(14-17)24-26-27-25(28(24)21-10-5-4-6-11-21)30-16-23(29)22-15-18(2)12-13-19(22)3/h4-15H,16H2,1-3H3. The highest BCUT2D eigenvalue weighted by atomic mass is 32.2. The number of carbonyl (C=O) groups is 1. The molecule has 0 aliphatic heterocycles. The van der Waals surface area contributed by atoms with Crippen molar-refractivity contribution in [2.75, 3.05) is 5.75 Å². The van der Waals surface area contributed by atoms with Gasteiger partial charge >= 0.3 is 0 Å². The first-order valence-electron chi connectivity index (χ1n) is 9.84. The number of Topliss-reactive ketones (excluding diaryl/α,β-unsaturated/α-hetero) is 1. The van der Waals surface area contributed by atoms with Crippen molar-refractivity contribution in [1.29, 1.82) is 0 Å². The predicted octanol–water partition coefficient (Wildman–Crippen LogP) is 5.83. The largest absolute Gasteiger partial charge is 0.293 e. The van der Waals surface area contributed by atoms with Crippen molar-refractivity contribution in [3.63, 3.8) is 0 Å². The molecule has 0 saturated heterocycles. The van der Waals surface area contributed by atoms with E-state index >= 15 is 0 Å². The molecule has 30 heavy (non-hydrogen) atoms. The minimum absolute atomic E-state index is 0.0981. The van der Waals surface area contributed by atoms with E-state index in [0.717, 1.165) is 39.3 Å². The van der Waals surface area contributed by atoms with Crippen molar-refractivity contribution in [3.05, 3.63) is 95.1 Å². The smallest absolute Gasteiger partial charge is 0.196 e. The van der Waals surface area contributed by atoms with Crippen LogP contribution in [-0.2, 0) is 0 Å². The normalized spacial score (nSPS) is 10.9. The molecule has 0 N–H and O–H groups in total. The fourth-order valence-electron chi connectivity index (χ4n) is 3.39. The summed E-state index contributed by atoms with van der Waals surface area (Å²) in [6.45, 7) is 6.04. The molecule has 0 radical (unpaired) electrons. The summed E-state index contributed by atoms with van der Waals surface area (Å²) in [7, 11) is 0. The summed E-state index contributed by atoms with van der Waals surface area (Å²) in [5.74, 6) is 1.18. The van der Waals surface area contributed by atoms with E-state index in [2.05, 4.69) is 29.3 Å². The molecule has 3 aromatic carbocycles. The van der Waals surface area contributed by atoms with Crippen molar-refractivity contribution in [2.45, 2.75) is 25.9 Å². The number of para-hydroxylation sites is 1. The summed E-state index contributed by atoms with van der Waals surface area (Å²) >= 11 is 1.42. The van der Waals surface area contributed by atoms with Crippen LogP contribution in [0, 0.1) is 20.8 Å². The van der Waals surface area contributed by atoms with Gasteiger partial charge in [-0.2, -0.15) is 0 Å². The van der Waals surface area contributed by atoms with Gasteiger partial charge in [-0.1, -0.05) is 71.4 Å². The Labute approximate surface area is 181 Å². The van der Waals surface area contributed by atoms with Gasteiger partial charge in [-0.25, -0.2) is 0 Å².